The Kier molecular flexibility index (Phi) is 5.40. The molecule has 148 valence electrons. The summed E-state index contributed by atoms with van der Waals surface area (Å²) in [4.78, 5) is 15.7. The number of anilines is 1. The zero-order valence-electron chi connectivity index (χ0n) is 16.7. The standard InChI is InChI=1S/C22H23N5OS/c1-4-27-21(17-12-23-19-10-6-5-9-16(17)19)25-26-22(27)29-13-20(28)24-18-11-7-8-14(2)15(18)3/h5-12,23H,4,13H2,1-3H3,(H,24,28). The van der Waals surface area contributed by atoms with Crippen molar-refractivity contribution in [3.8, 4) is 11.4 Å². The number of nitrogens with zero attached hydrogens (tertiary/aromatic N) is 3. The smallest absolute Gasteiger partial charge is 0.234 e. The van der Waals surface area contributed by atoms with Crippen LogP contribution in [-0.4, -0.2) is 31.4 Å². The van der Waals surface area contributed by atoms with Crippen LogP contribution in [0, 0.1) is 13.8 Å². The number of fused-ring (bicyclic) bond motifs is 1. The molecule has 0 aliphatic heterocycles. The largest absolute Gasteiger partial charge is 0.360 e. The number of carbonyl (C=O) groups excluding carboxylic acids is 1. The Morgan fingerprint density at radius 2 is 1.97 bits per heavy atom. The fourth-order valence-electron chi connectivity index (χ4n) is 3.34. The van der Waals surface area contributed by atoms with Crippen LogP contribution in [0.5, 0.6) is 0 Å². The van der Waals surface area contributed by atoms with E-state index in [0.717, 1.165) is 50.8 Å². The number of hydrogen-bond acceptors (Lipinski definition) is 4. The van der Waals surface area contributed by atoms with E-state index in [1.165, 1.54) is 11.8 Å². The van der Waals surface area contributed by atoms with Crippen LogP contribution >= 0.6 is 11.8 Å². The highest BCUT2D eigenvalue weighted by Crippen LogP contribution is 2.30. The van der Waals surface area contributed by atoms with Crippen LogP contribution in [0.25, 0.3) is 22.3 Å². The van der Waals surface area contributed by atoms with E-state index in [2.05, 4.69) is 33.5 Å². The van der Waals surface area contributed by atoms with Gasteiger partial charge in [-0.1, -0.05) is 42.1 Å². The van der Waals surface area contributed by atoms with E-state index in [1.54, 1.807) is 0 Å². The number of thioether (sulfide) groups is 1. The fraction of sp³-hybridized carbons (Fsp3) is 0.227. The molecule has 2 N–H and O–H groups in total. The first-order valence-electron chi connectivity index (χ1n) is 9.57. The van der Waals surface area contributed by atoms with Crippen molar-refractivity contribution in [2.45, 2.75) is 32.5 Å². The van der Waals surface area contributed by atoms with Crippen LogP contribution < -0.4 is 5.32 Å². The summed E-state index contributed by atoms with van der Waals surface area (Å²) < 4.78 is 2.05. The normalized spacial score (nSPS) is 11.1. The average Bonchev–Trinajstić information content (AvgIpc) is 3.33. The molecule has 7 heteroatoms. The highest BCUT2D eigenvalue weighted by Gasteiger charge is 2.17. The van der Waals surface area contributed by atoms with Gasteiger partial charge in [-0.25, -0.2) is 0 Å². The molecule has 0 saturated heterocycles. The number of aromatic amines is 1. The van der Waals surface area contributed by atoms with E-state index in [4.69, 9.17) is 0 Å². The summed E-state index contributed by atoms with van der Waals surface area (Å²) in [6, 6.07) is 14.0. The van der Waals surface area contributed by atoms with Crippen LogP contribution in [0.2, 0.25) is 0 Å². The molecule has 4 aromatic rings. The van der Waals surface area contributed by atoms with Gasteiger partial charge in [-0.3, -0.25) is 4.79 Å². The topological polar surface area (TPSA) is 75.6 Å². The molecular formula is C22H23N5OS. The molecule has 0 aliphatic rings. The molecule has 6 nitrogen and oxygen atoms in total. The average molecular weight is 406 g/mol. The molecule has 2 aromatic carbocycles. The summed E-state index contributed by atoms with van der Waals surface area (Å²) in [5, 5.41) is 13.6. The Balaban J connectivity index is 1.51. The lowest BCUT2D eigenvalue weighted by Crippen LogP contribution is -2.15. The summed E-state index contributed by atoms with van der Waals surface area (Å²) in [5.41, 5.74) is 5.18. The van der Waals surface area contributed by atoms with Gasteiger partial charge in [0.05, 0.1) is 5.75 Å². The molecule has 0 atom stereocenters. The molecule has 0 radical (unpaired) electrons. The summed E-state index contributed by atoms with van der Waals surface area (Å²) in [7, 11) is 0. The number of amides is 1. The molecule has 2 heterocycles. The molecule has 0 spiro atoms. The third-order valence-corrected chi connectivity index (χ3v) is 6.04. The SMILES string of the molecule is CCn1c(SCC(=O)Nc2cccc(C)c2C)nnc1-c1c[nH]c2ccccc12. The Morgan fingerprint density at radius 3 is 2.79 bits per heavy atom. The van der Waals surface area contributed by atoms with Crippen LogP contribution in [0.15, 0.2) is 53.8 Å². The van der Waals surface area contributed by atoms with E-state index in [0.29, 0.717) is 0 Å². The van der Waals surface area contributed by atoms with E-state index < -0.39 is 0 Å². The first-order valence-corrected chi connectivity index (χ1v) is 10.6. The number of rotatable bonds is 6. The van der Waals surface area contributed by atoms with Crippen molar-refractivity contribution >= 4 is 34.3 Å². The number of aryl methyl sites for hydroxylation is 1. The fourth-order valence-corrected chi connectivity index (χ4v) is 4.14. The Morgan fingerprint density at radius 1 is 1.14 bits per heavy atom. The monoisotopic (exact) mass is 405 g/mol. The van der Waals surface area contributed by atoms with Crippen LogP contribution in [0.3, 0.4) is 0 Å². The first kappa shape index (κ1) is 19.3. The third-order valence-electron chi connectivity index (χ3n) is 5.07. The van der Waals surface area contributed by atoms with Crippen molar-refractivity contribution < 1.29 is 4.79 Å². The molecule has 0 bridgehead atoms. The highest BCUT2D eigenvalue weighted by atomic mass is 32.2. The van der Waals surface area contributed by atoms with Crippen LogP contribution in [0.1, 0.15) is 18.1 Å². The van der Waals surface area contributed by atoms with Crippen molar-refractivity contribution in [1.82, 2.24) is 19.7 Å². The summed E-state index contributed by atoms with van der Waals surface area (Å²) in [6.07, 6.45) is 1.96. The predicted octanol–water partition coefficient (Wildman–Crippen LogP) is 4.79. The van der Waals surface area contributed by atoms with Gasteiger partial charge in [0.1, 0.15) is 0 Å². The Labute approximate surface area is 173 Å². The third kappa shape index (κ3) is 3.78. The van der Waals surface area contributed by atoms with Gasteiger partial charge in [-0.15, -0.1) is 10.2 Å². The molecule has 2 aromatic heterocycles. The van der Waals surface area contributed by atoms with E-state index in [9.17, 15) is 4.79 Å². The lowest BCUT2D eigenvalue weighted by Gasteiger charge is -2.10. The lowest BCUT2D eigenvalue weighted by atomic mass is 10.1. The van der Waals surface area contributed by atoms with Crippen molar-refractivity contribution in [2.75, 3.05) is 11.1 Å². The minimum Gasteiger partial charge on any atom is -0.360 e. The quantitative estimate of drug-likeness (QED) is 0.452. The van der Waals surface area contributed by atoms with Gasteiger partial charge in [-0.05, 0) is 44.0 Å². The van der Waals surface area contributed by atoms with Gasteiger partial charge < -0.3 is 14.9 Å². The minimum atomic E-state index is -0.0528. The number of nitrogens with one attached hydrogen (secondary N) is 2. The number of aromatic nitrogens is 4. The summed E-state index contributed by atoms with van der Waals surface area (Å²) in [6.45, 7) is 6.83. The van der Waals surface area contributed by atoms with E-state index in [1.807, 2.05) is 61.0 Å². The highest BCUT2D eigenvalue weighted by molar-refractivity contribution is 7.99. The molecule has 0 saturated carbocycles. The van der Waals surface area contributed by atoms with Gasteiger partial charge in [-0.2, -0.15) is 0 Å². The van der Waals surface area contributed by atoms with Crippen molar-refractivity contribution in [3.05, 3.63) is 59.8 Å². The zero-order chi connectivity index (χ0) is 20.4. The second-order valence-electron chi connectivity index (χ2n) is 6.88. The van der Waals surface area contributed by atoms with Crippen molar-refractivity contribution in [3.63, 3.8) is 0 Å². The van der Waals surface area contributed by atoms with Crippen LogP contribution in [0.4, 0.5) is 5.69 Å². The van der Waals surface area contributed by atoms with Gasteiger partial charge in [0.15, 0.2) is 11.0 Å². The van der Waals surface area contributed by atoms with Gasteiger partial charge in [0.2, 0.25) is 5.91 Å². The second-order valence-corrected chi connectivity index (χ2v) is 7.83. The Bertz CT molecular complexity index is 1180. The van der Waals surface area contributed by atoms with Gasteiger partial charge in [0, 0.05) is 34.9 Å². The molecule has 1 amide bonds. The minimum absolute atomic E-state index is 0.0528. The maximum Gasteiger partial charge on any atom is 0.234 e. The molecule has 0 aliphatic carbocycles. The number of para-hydroxylation sites is 1. The number of H-pyrrole nitrogens is 1. The molecule has 0 fully saturated rings. The van der Waals surface area contributed by atoms with Crippen LogP contribution in [-0.2, 0) is 11.3 Å². The number of hydrogen-bond donors (Lipinski definition) is 2. The maximum absolute atomic E-state index is 12.5. The molecular weight excluding hydrogens is 382 g/mol. The number of carbonyl (C=O) groups is 1. The van der Waals surface area contributed by atoms with E-state index >= 15 is 0 Å². The zero-order valence-corrected chi connectivity index (χ0v) is 17.5. The maximum atomic E-state index is 12.5. The predicted molar refractivity (Wildman–Crippen MR) is 118 cm³/mol. The molecule has 4 rings (SSSR count). The first-order chi connectivity index (χ1) is 14.1. The molecule has 0 unspecified atom stereocenters. The summed E-state index contributed by atoms with van der Waals surface area (Å²) in [5.74, 6) is 1.03. The summed E-state index contributed by atoms with van der Waals surface area (Å²) >= 11 is 1.40. The van der Waals surface area contributed by atoms with Gasteiger partial charge >= 0.3 is 0 Å². The van der Waals surface area contributed by atoms with E-state index in [-0.39, 0.29) is 11.7 Å². The Hall–Kier alpha value is -3.06. The lowest BCUT2D eigenvalue weighted by molar-refractivity contribution is -0.113. The molecule has 29 heavy (non-hydrogen) atoms. The second kappa shape index (κ2) is 8.13. The van der Waals surface area contributed by atoms with Crippen molar-refractivity contribution in [2.24, 2.45) is 0 Å². The van der Waals surface area contributed by atoms with Gasteiger partial charge in [0.25, 0.3) is 0 Å². The van der Waals surface area contributed by atoms with Crippen molar-refractivity contribution in [1.29, 1.82) is 0 Å². The number of benzene rings is 2.